The molecule has 4 rings (SSSR count). The molecule has 8 nitrogen and oxygen atoms in total. The van der Waals surface area contributed by atoms with Gasteiger partial charge in [0.1, 0.15) is 18.1 Å². The summed E-state index contributed by atoms with van der Waals surface area (Å²) < 4.78 is 5.81. The molecule has 204 valence electrons. The molecule has 1 fully saturated rings. The lowest BCUT2D eigenvalue weighted by atomic mass is 9.92. The molecule has 1 saturated carbocycles. The van der Waals surface area contributed by atoms with Crippen LogP contribution >= 0.6 is 0 Å². The lowest BCUT2D eigenvalue weighted by molar-refractivity contribution is -0.182. The van der Waals surface area contributed by atoms with Gasteiger partial charge in [0, 0.05) is 5.56 Å². The van der Waals surface area contributed by atoms with Crippen LogP contribution in [0.15, 0.2) is 84.9 Å². The first kappa shape index (κ1) is 27.9. The third-order valence-electron chi connectivity index (χ3n) is 6.81. The lowest BCUT2D eigenvalue weighted by Crippen LogP contribution is -2.43. The second kappa shape index (κ2) is 14.7. The highest BCUT2D eigenvalue weighted by Crippen LogP contribution is 2.31. The minimum absolute atomic E-state index is 0.0332. The van der Waals surface area contributed by atoms with Crippen molar-refractivity contribution in [3.63, 3.8) is 0 Å². The largest absolute Gasteiger partial charge is 0.457 e. The summed E-state index contributed by atoms with van der Waals surface area (Å²) in [4.78, 5) is 43.3. The van der Waals surface area contributed by atoms with Gasteiger partial charge < -0.3 is 15.4 Å². The first-order valence-electron chi connectivity index (χ1n) is 13.4. The molecular formula is C31H35N3O5. The van der Waals surface area contributed by atoms with E-state index in [1.807, 2.05) is 60.7 Å². The molecule has 39 heavy (non-hydrogen) atoms. The molecule has 0 spiro atoms. The highest BCUT2D eigenvalue weighted by atomic mass is 16.7. The van der Waals surface area contributed by atoms with Gasteiger partial charge in [-0.3, -0.25) is 19.2 Å². The summed E-state index contributed by atoms with van der Waals surface area (Å²) in [6.45, 7) is 0.348. The molecule has 0 aromatic heterocycles. The van der Waals surface area contributed by atoms with Gasteiger partial charge in [-0.05, 0) is 48.2 Å². The number of para-hydroxylation sites is 1. The summed E-state index contributed by atoms with van der Waals surface area (Å²) in [7, 11) is 0. The molecule has 1 aliphatic rings. The quantitative estimate of drug-likeness (QED) is 0.173. The number of nitrogens with one attached hydrogen (secondary N) is 2. The highest BCUT2D eigenvalue weighted by Gasteiger charge is 2.27. The number of nitrogens with zero attached hydrogens (tertiary/aromatic N) is 1. The molecular weight excluding hydrogens is 494 g/mol. The number of hydrogen-bond donors (Lipinski definition) is 2. The van der Waals surface area contributed by atoms with Crippen molar-refractivity contribution in [1.29, 1.82) is 0 Å². The Morgan fingerprint density at radius 2 is 1.59 bits per heavy atom. The third kappa shape index (κ3) is 8.97. The van der Waals surface area contributed by atoms with Crippen molar-refractivity contribution in [2.75, 3.05) is 13.2 Å². The molecule has 0 saturated heterocycles. The SMILES string of the molecule is O=CN(C[C@@H](CC1CCCC1)C(=O)NCNC(=O)c1cccc(Oc2ccccc2)c1)OCc1ccccc1. The Hall–Kier alpha value is -4.17. The Morgan fingerprint density at radius 1 is 0.897 bits per heavy atom. The molecule has 0 aliphatic heterocycles. The van der Waals surface area contributed by atoms with Gasteiger partial charge in [0.2, 0.25) is 12.3 Å². The second-order valence-corrected chi connectivity index (χ2v) is 9.71. The zero-order chi connectivity index (χ0) is 27.3. The lowest BCUT2D eigenvalue weighted by Gasteiger charge is -2.25. The Labute approximate surface area is 229 Å². The van der Waals surface area contributed by atoms with Crippen molar-refractivity contribution in [2.24, 2.45) is 11.8 Å². The summed E-state index contributed by atoms with van der Waals surface area (Å²) in [6, 6.07) is 25.7. The zero-order valence-electron chi connectivity index (χ0n) is 22.0. The summed E-state index contributed by atoms with van der Waals surface area (Å²) in [5.74, 6) is 0.644. The average Bonchev–Trinajstić information content (AvgIpc) is 3.49. The number of benzene rings is 3. The van der Waals surface area contributed by atoms with Crippen molar-refractivity contribution >= 4 is 18.2 Å². The van der Waals surface area contributed by atoms with Crippen LogP contribution in [0.3, 0.4) is 0 Å². The predicted molar refractivity (Wildman–Crippen MR) is 147 cm³/mol. The van der Waals surface area contributed by atoms with E-state index in [0.29, 0.717) is 35.8 Å². The van der Waals surface area contributed by atoms with Crippen LogP contribution in [0.2, 0.25) is 0 Å². The van der Waals surface area contributed by atoms with Crippen LogP contribution in [0.25, 0.3) is 0 Å². The fourth-order valence-electron chi connectivity index (χ4n) is 4.77. The smallest absolute Gasteiger partial charge is 0.252 e. The molecule has 2 N–H and O–H groups in total. The summed E-state index contributed by atoms with van der Waals surface area (Å²) in [6.07, 6.45) is 5.75. The Balaban J connectivity index is 1.30. The van der Waals surface area contributed by atoms with Gasteiger partial charge in [-0.1, -0.05) is 80.3 Å². The third-order valence-corrected chi connectivity index (χ3v) is 6.81. The topological polar surface area (TPSA) is 97.0 Å². The van der Waals surface area contributed by atoms with Gasteiger partial charge in [-0.15, -0.1) is 0 Å². The number of carbonyl (C=O) groups excluding carboxylic acids is 3. The molecule has 3 aromatic rings. The van der Waals surface area contributed by atoms with Crippen molar-refractivity contribution in [3.8, 4) is 11.5 Å². The molecule has 3 aromatic carbocycles. The summed E-state index contributed by atoms with van der Waals surface area (Å²) in [5.41, 5.74) is 1.35. The molecule has 8 heteroatoms. The maximum atomic E-state index is 13.2. The van der Waals surface area contributed by atoms with Crippen LogP contribution in [0.4, 0.5) is 0 Å². The van der Waals surface area contributed by atoms with Gasteiger partial charge in [-0.25, -0.2) is 5.06 Å². The molecule has 0 bridgehead atoms. The van der Waals surface area contributed by atoms with Crippen LogP contribution < -0.4 is 15.4 Å². The van der Waals surface area contributed by atoms with Crippen molar-refractivity contribution in [3.05, 3.63) is 96.1 Å². The van der Waals surface area contributed by atoms with Crippen LogP contribution in [-0.4, -0.2) is 36.5 Å². The normalized spacial score (nSPS) is 13.8. The molecule has 1 aliphatic carbocycles. The monoisotopic (exact) mass is 529 g/mol. The second-order valence-electron chi connectivity index (χ2n) is 9.71. The molecule has 0 radical (unpaired) electrons. The summed E-state index contributed by atoms with van der Waals surface area (Å²) >= 11 is 0. The van der Waals surface area contributed by atoms with Crippen LogP contribution in [0.1, 0.15) is 48.0 Å². The predicted octanol–water partition coefficient (Wildman–Crippen LogP) is 5.07. The Kier molecular flexibility index (Phi) is 10.5. The first-order chi connectivity index (χ1) is 19.1. The molecule has 1 atom stereocenters. The van der Waals surface area contributed by atoms with Gasteiger partial charge in [0.05, 0.1) is 19.1 Å². The van der Waals surface area contributed by atoms with E-state index < -0.39 is 5.92 Å². The molecule has 0 heterocycles. The molecule has 3 amide bonds. The standard InChI is InChI=1S/C31H35N3O5/c35-23-34(38-21-25-12-3-1-4-13-25)20-27(18-24-10-7-8-11-24)31(37)33-22-32-30(36)26-14-9-17-29(19-26)39-28-15-5-2-6-16-28/h1-6,9,12-17,19,23-24,27H,7-8,10-11,18,20-22H2,(H,32,36)(H,33,37)/t27-/m1/s1. The Bertz CT molecular complexity index is 1200. The number of hydroxylamine groups is 2. The Morgan fingerprint density at radius 3 is 2.31 bits per heavy atom. The van der Waals surface area contributed by atoms with E-state index in [0.717, 1.165) is 31.2 Å². The minimum atomic E-state index is -0.450. The number of ether oxygens (including phenoxy) is 1. The van der Waals surface area contributed by atoms with Gasteiger partial charge in [0.25, 0.3) is 5.91 Å². The van der Waals surface area contributed by atoms with Crippen molar-refractivity contribution in [2.45, 2.75) is 38.7 Å². The van der Waals surface area contributed by atoms with Crippen LogP contribution in [-0.2, 0) is 21.0 Å². The van der Waals surface area contributed by atoms with Crippen molar-refractivity contribution in [1.82, 2.24) is 15.7 Å². The van der Waals surface area contributed by atoms with Crippen LogP contribution in [0, 0.1) is 11.8 Å². The first-order valence-corrected chi connectivity index (χ1v) is 13.4. The fraction of sp³-hybridized carbons (Fsp3) is 0.323. The van der Waals surface area contributed by atoms with E-state index in [2.05, 4.69) is 10.6 Å². The number of hydrogen-bond acceptors (Lipinski definition) is 5. The van der Waals surface area contributed by atoms with E-state index in [9.17, 15) is 14.4 Å². The number of amides is 3. The van der Waals surface area contributed by atoms with E-state index in [1.54, 1.807) is 24.3 Å². The van der Waals surface area contributed by atoms with Crippen LogP contribution in [0.5, 0.6) is 11.5 Å². The maximum absolute atomic E-state index is 13.2. The van der Waals surface area contributed by atoms with Gasteiger partial charge >= 0.3 is 0 Å². The fourth-order valence-corrected chi connectivity index (χ4v) is 4.77. The van der Waals surface area contributed by atoms with E-state index in [4.69, 9.17) is 9.57 Å². The van der Waals surface area contributed by atoms with E-state index in [1.165, 1.54) is 5.06 Å². The molecule has 0 unspecified atom stereocenters. The van der Waals surface area contributed by atoms with E-state index in [-0.39, 0.29) is 31.6 Å². The van der Waals surface area contributed by atoms with E-state index >= 15 is 0 Å². The van der Waals surface area contributed by atoms with Gasteiger partial charge in [-0.2, -0.15) is 0 Å². The average molecular weight is 530 g/mol. The highest BCUT2D eigenvalue weighted by molar-refractivity contribution is 5.94. The summed E-state index contributed by atoms with van der Waals surface area (Å²) in [5, 5.41) is 6.75. The van der Waals surface area contributed by atoms with Crippen molar-refractivity contribution < 1.29 is 24.0 Å². The minimum Gasteiger partial charge on any atom is -0.457 e. The van der Waals surface area contributed by atoms with Gasteiger partial charge in [0.15, 0.2) is 0 Å². The zero-order valence-corrected chi connectivity index (χ0v) is 22.0. The maximum Gasteiger partial charge on any atom is 0.252 e. The number of carbonyl (C=O) groups is 3. The number of rotatable bonds is 14.